The minimum atomic E-state index is -0.593. The molecule has 4 heteroatoms. The Labute approximate surface area is 190 Å². The number of hydrogen-bond acceptors (Lipinski definition) is 4. The van der Waals surface area contributed by atoms with Crippen LogP contribution in [0.25, 0.3) is 0 Å². The van der Waals surface area contributed by atoms with Gasteiger partial charge in [-0.15, -0.1) is 0 Å². The van der Waals surface area contributed by atoms with Crippen molar-refractivity contribution in [3.8, 4) is 0 Å². The van der Waals surface area contributed by atoms with E-state index in [4.69, 9.17) is 4.74 Å². The molecule has 1 aliphatic heterocycles. The van der Waals surface area contributed by atoms with Crippen LogP contribution >= 0.6 is 0 Å². The van der Waals surface area contributed by atoms with Gasteiger partial charge in [-0.1, -0.05) is 74.5 Å². The van der Waals surface area contributed by atoms with Gasteiger partial charge in [-0.05, 0) is 47.6 Å². The summed E-state index contributed by atoms with van der Waals surface area (Å²) in [4.78, 5) is 14.1. The number of aliphatic hydroxyl groups excluding tert-OH is 1. The van der Waals surface area contributed by atoms with E-state index in [0.717, 1.165) is 36.2 Å². The predicted octanol–water partition coefficient (Wildman–Crippen LogP) is 5.66. The third-order valence-corrected chi connectivity index (χ3v) is 6.40. The fraction of sp³-hybridized carbons (Fsp3) is 0.321. The standard InChI is InChI=1S/C28H31NO3/c1-28(2,23-12-7-4-8-13-23)16-9-17-29(19-26(30)21-10-5-3-6-11-21)24-14-15-25-22(18-24)20-32-27(25)31/h3-8,10-15,18,26,30H,9,16-17,19-20H2,1-2H3. The zero-order chi connectivity index (χ0) is 22.6. The molecule has 3 aromatic rings. The summed E-state index contributed by atoms with van der Waals surface area (Å²) < 4.78 is 5.18. The topological polar surface area (TPSA) is 49.8 Å². The SMILES string of the molecule is CC(C)(CCCN(CC(O)c1ccccc1)c1ccc2c(c1)COC2=O)c1ccccc1. The monoisotopic (exact) mass is 429 g/mol. The molecule has 0 bridgehead atoms. The molecule has 0 saturated heterocycles. The number of esters is 1. The number of carbonyl (C=O) groups is 1. The van der Waals surface area contributed by atoms with Gasteiger partial charge in [-0.2, -0.15) is 0 Å². The van der Waals surface area contributed by atoms with Gasteiger partial charge in [0, 0.05) is 24.3 Å². The number of fused-ring (bicyclic) bond motifs is 1. The van der Waals surface area contributed by atoms with Gasteiger partial charge in [0.1, 0.15) is 6.61 Å². The third-order valence-electron chi connectivity index (χ3n) is 6.40. The first-order chi connectivity index (χ1) is 15.4. The van der Waals surface area contributed by atoms with Crippen molar-refractivity contribution < 1.29 is 14.6 Å². The van der Waals surface area contributed by atoms with Crippen molar-refractivity contribution in [3.05, 3.63) is 101 Å². The Morgan fingerprint density at radius 3 is 2.41 bits per heavy atom. The average Bonchev–Trinajstić information content (AvgIpc) is 3.19. The number of cyclic esters (lactones) is 1. The summed E-state index contributed by atoms with van der Waals surface area (Å²) in [6, 6.07) is 26.2. The molecule has 3 aromatic carbocycles. The number of benzene rings is 3. The van der Waals surface area contributed by atoms with Crippen LogP contribution in [0.1, 0.15) is 59.8 Å². The van der Waals surface area contributed by atoms with Gasteiger partial charge >= 0.3 is 5.97 Å². The van der Waals surface area contributed by atoms with E-state index < -0.39 is 6.10 Å². The zero-order valence-electron chi connectivity index (χ0n) is 18.8. The van der Waals surface area contributed by atoms with E-state index >= 15 is 0 Å². The van der Waals surface area contributed by atoms with Crippen molar-refractivity contribution in [3.63, 3.8) is 0 Å². The van der Waals surface area contributed by atoms with Crippen LogP contribution in [0, 0.1) is 0 Å². The molecule has 0 aliphatic carbocycles. The van der Waals surface area contributed by atoms with Gasteiger partial charge in [0.2, 0.25) is 0 Å². The van der Waals surface area contributed by atoms with Crippen LogP contribution < -0.4 is 4.90 Å². The van der Waals surface area contributed by atoms with Gasteiger partial charge in [0.15, 0.2) is 0 Å². The lowest BCUT2D eigenvalue weighted by Crippen LogP contribution is -2.31. The number of carbonyl (C=O) groups excluding carboxylic acids is 1. The molecule has 0 fully saturated rings. The predicted molar refractivity (Wildman–Crippen MR) is 128 cm³/mol. The van der Waals surface area contributed by atoms with Crippen molar-refractivity contribution in [2.75, 3.05) is 18.0 Å². The molecule has 1 N–H and O–H groups in total. The third kappa shape index (κ3) is 5.03. The summed E-state index contributed by atoms with van der Waals surface area (Å²) in [6.45, 7) is 6.18. The average molecular weight is 430 g/mol. The van der Waals surface area contributed by atoms with E-state index in [-0.39, 0.29) is 11.4 Å². The minimum absolute atomic E-state index is 0.0726. The second-order valence-electron chi connectivity index (χ2n) is 9.14. The minimum Gasteiger partial charge on any atom is -0.457 e. The molecule has 0 amide bonds. The lowest BCUT2D eigenvalue weighted by Gasteiger charge is -2.30. The molecule has 0 aromatic heterocycles. The van der Waals surface area contributed by atoms with Crippen LogP contribution in [0.2, 0.25) is 0 Å². The molecule has 166 valence electrons. The first kappa shape index (κ1) is 22.1. The fourth-order valence-electron chi connectivity index (χ4n) is 4.38. The molecule has 4 nitrogen and oxygen atoms in total. The summed E-state index contributed by atoms with van der Waals surface area (Å²) >= 11 is 0. The molecule has 32 heavy (non-hydrogen) atoms. The zero-order valence-corrected chi connectivity index (χ0v) is 18.8. The molecule has 1 atom stereocenters. The lowest BCUT2D eigenvalue weighted by molar-refractivity contribution is 0.0535. The van der Waals surface area contributed by atoms with E-state index in [0.29, 0.717) is 18.7 Å². The fourth-order valence-corrected chi connectivity index (χ4v) is 4.38. The summed E-state index contributed by atoms with van der Waals surface area (Å²) in [6.07, 6.45) is 1.42. The molecule has 1 unspecified atom stereocenters. The van der Waals surface area contributed by atoms with E-state index in [9.17, 15) is 9.90 Å². The summed E-state index contributed by atoms with van der Waals surface area (Å²) in [5.41, 5.74) is 4.88. The normalized spacial score (nSPS) is 14.0. The molecule has 1 aliphatic rings. The summed E-state index contributed by atoms with van der Waals surface area (Å²) in [5, 5.41) is 10.9. The highest BCUT2D eigenvalue weighted by Crippen LogP contribution is 2.30. The Morgan fingerprint density at radius 2 is 1.69 bits per heavy atom. The maximum atomic E-state index is 11.9. The molecule has 0 spiro atoms. The number of anilines is 1. The number of aliphatic hydroxyl groups is 1. The highest BCUT2D eigenvalue weighted by atomic mass is 16.5. The first-order valence-electron chi connectivity index (χ1n) is 11.3. The molecular weight excluding hydrogens is 398 g/mol. The van der Waals surface area contributed by atoms with E-state index in [1.807, 2.05) is 48.5 Å². The number of rotatable bonds is 9. The van der Waals surface area contributed by atoms with Crippen molar-refractivity contribution in [2.45, 2.75) is 44.8 Å². The van der Waals surface area contributed by atoms with Crippen LogP contribution in [0.3, 0.4) is 0 Å². The highest BCUT2D eigenvalue weighted by molar-refractivity contribution is 5.93. The highest BCUT2D eigenvalue weighted by Gasteiger charge is 2.24. The van der Waals surface area contributed by atoms with Gasteiger partial charge in [0.25, 0.3) is 0 Å². The maximum absolute atomic E-state index is 11.9. The Balaban J connectivity index is 1.50. The molecule has 0 saturated carbocycles. The Bertz CT molecular complexity index is 1050. The maximum Gasteiger partial charge on any atom is 0.338 e. The second-order valence-corrected chi connectivity index (χ2v) is 9.14. The quantitative estimate of drug-likeness (QED) is 0.446. The van der Waals surface area contributed by atoms with Gasteiger partial charge in [0.05, 0.1) is 11.7 Å². The molecular formula is C28H31NO3. The summed E-state index contributed by atoms with van der Waals surface area (Å²) in [7, 11) is 0. The number of nitrogens with zero attached hydrogens (tertiary/aromatic N) is 1. The summed E-state index contributed by atoms with van der Waals surface area (Å²) in [5.74, 6) is -0.257. The molecule has 4 rings (SSSR count). The van der Waals surface area contributed by atoms with Crippen molar-refractivity contribution >= 4 is 11.7 Å². The van der Waals surface area contributed by atoms with E-state index in [1.54, 1.807) is 0 Å². The Hall–Kier alpha value is -3.11. The number of hydrogen-bond donors (Lipinski definition) is 1. The van der Waals surface area contributed by atoms with Crippen LogP contribution in [0.5, 0.6) is 0 Å². The van der Waals surface area contributed by atoms with E-state index in [2.05, 4.69) is 49.1 Å². The molecule has 0 radical (unpaired) electrons. The first-order valence-corrected chi connectivity index (χ1v) is 11.3. The van der Waals surface area contributed by atoms with E-state index in [1.165, 1.54) is 5.56 Å². The Kier molecular flexibility index (Phi) is 6.61. The van der Waals surface area contributed by atoms with Crippen molar-refractivity contribution in [2.24, 2.45) is 0 Å². The lowest BCUT2D eigenvalue weighted by atomic mass is 9.80. The Morgan fingerprint density at radius 1 is 1.00 bits per heavy atom. The van der Waals surface area contributed by atoms with Crippen LogP contribution in [0.4, 0.5) is 5.69 Å². The van der Waals surface area contributed by atoms with Gasteiger partial charge < -0.3 is 14.7 Å². The van der Waals surface area contributed by atoms with Crippen molar-refractivity contribution in [1.82, 2.24) is 0 Å². The smallest absolute Gasteiger partial charge is 0.338 e. The number of ether oxygens (including phenoxy) is 1. The van der Waals surface area contributed by atoms with Crippen LogP contribution in [-0.2, 0) is 16.8 Å². The molecule has 1 heterocycles. The van der Waals surface area contributed by atoms with Gasteiger partial charge in [-0.25, -0.2) is 4.79 Å². The largest absolute Gasteiger partial charge is 0.457 e. The second kappa shape index (κ2) is 9.58. The van der Waals surface area contributed by atoms with Crippen LogP contribution in [0.15, 0.2) is 78.9 Å². The van der Waals surface area contributed by atoms with Gasteiger partial charge in [-0.3, -0.25) is 0 Å². The van der Waals surface area contributed by atoms with Crippen molar-refractivity contribution in [1.29, 1.82) is 0 Å². The van der Waals surface area contributed by atoms with Crippen LogP contribution in [-0.4, -0.2) is 24.2 Å².